The first-order valence-corrected chi connectivity index (χ1v) is 8.74. The molecule has 3 heterocycles. The lowest BCUT2D eigenvalue weighted by atomic mass is 10.2. The quantitative estimate of drug-likeness (QED) is 0.876. The van der Waals surface area contributed by atoms with Crippen LogP contribution in [0.5, 0.6) is 5.88 Å². The highest BCUT2D eigenvalue weighted by Gasteiger charge is 2.20. The number of rotatable bonds is 6. The minimum absolute atomic E-state index is 0.0319. The van der Waals surface area contributed by atoms with Crippen LogP contribution in [0.4, 0.5) is 5.82 Å². The highest BCUT2D eigenvalue weighted by atomic mass is 16.5. The second-order valence-corrected chi connectivity index (χ2v) is 6.39. The Bertz CT molecular complexity index is 727. The third kappa shape index (κ3) is 4.26. The van der Waals surface area contributed by atoms with Gasteiger partial charge in [-0.3, -0.25) is 4.79 Å². The van der Waals surface area contributed by atoms with Gasteiger partial charge in [-0.15, -0.1) is 0 Å². The molecule has 2 aromatic heterocycles. The van der Waals surface area contributed by atoms with Crippen LogP contribution in [0.15, 0.2) is 36.7 Å². The van der Waals surface area contributed by atoms with E-state index in [1.54, 1.807) is 18.5 Å². The largest absolute Gasteiger partial charge is 0.475 e. The summed E-state index contributed by atoms with van der Waals surface area (Å²) in [7, 11) is 0. The fourth-order valence-electron chi connectivity index (χ4n) is 2.91. The Morgan fingerprint density at radius 3 is 2.68 bits per heavy atom. The molecule has 1 amide bonds. The summed E-state index contributed by atoms with van der Waals surface area (Å²) in [5.41, 5.74) is 1.47. The number of nitrogens with zero attached hydrogens (tertiary/aromatic N) is 3. The third-order valence-electron chi connectivity index (χ3n) is 4.07. The molecule has 132 valence electrons. The average molecular weight is 340 g/mol. The molecular weight excluding hydrogens is 316 g/mol. The second kappa shape index (κ2) is 7.96. The SMILES string of the molecule is CC(C)Oc1ncccc1CNC(=O)c1cccnc1N1CCCC1. The molecule has 1 fully saturated rings. The van der Waals surface area contributed by atoms with E-state index in [-0.39, 0.29) is 12.0 Å². The maximum atomic E-state index is 12.7. The molecule has 1 aliphatic heterocycles. The van der Waals surface area contributed by atoms with Crippen molar-refractivity contribution in [1.29, 1.82) is 0 Å². The van der Waals surface area contributed by atoms with Gasteiger partial charge in [-0.05, 0) is 44.9 Å². The minimum Gasteiger partial charge on any atom is -0.475 e. The molecule has 0 radical (unpaired) electrons. The summed E-state index contributed by atoms with van der Waals surface area (Å²) >= 11 is 0. The van der Waals surface area contributed by atoms with Crippen LogP contribution in [0, 0.1) is 0 Å². The standard InChI is InChI=1S/C19H24N4O2/c1-14(2)25-19-15(7-5-10-21-19)13-22-18(24)16-8-6-9-20-17(16)23-11-3-4-12-23/h5-10,14H,3-4,11-13H2,1-2H3,(H,22,24). The van der Waals surface area contributed by atoms with Crippen LogP contribution in [0.2, 0.25) is 0 Å². The van der Waals surface area contributed by atoms with E-state index in [0.29, 0.717) is 18.0 Å². The van der Waals surface area contributed by atoms with E-state index >= 15 is 0 Å². The van der Waals surface area contributed by atoms with Crippen LogP contribution in [0.3, 0.4) is 0 Å². The van der Waals surface area contributed by atoms with Gasteiger partial charge in [0.2, 0.25) is 5.88 Å². The van der Waals surface area contributed by atoms with Gasteiger partial charge >= 0.3 is 0 Å². The molecule has 2 aromatic rings. The van der Waals surface area contributed by atoms with Crippen molar-refractivity contribution in [3.05, 3.63) is 47.8 Å². The Morgan fingerprint density at radius 1 is 1.20 bits per heavy atom. The molecule has 0 unspecified atom stereocenters. The lowest BCUT2D eigenvalue weighted by molar-refractivity contribution is 0.0950. The van der Waals surface area contributed by atoms with E-state index < -0.39 is 0 Å². The number of anilines is 1. The van der Waals surface area contributed by atoms with Gasteiger partial charge in [0.25, 0.3) is 5.91 Å². The number of nitrogens with one attached hydrogen (secondary N) is 1. The summed E-state index contributed by atoms with van der Waals surface area (Å²) in [6, 6.07) is 7.38. The van der Waals surface area contributed by atoms with E-state index in [9.17, 15) is 4.79 Å². The lowest BCUT2D eigenvalue weighted by Crippen LogP contribution is -2.28. The molecule has 0 aromatic carbocycles. The van der Waals surface area contributed by atoms with Crippen LogP contribution in [-0.4, -0.2) is 35.1 Å². The van der Waals surface area contributed by atoms with Gasteiger partial charge in [-0.1, -0.05) is 6.07 Å². The Kier molecular flexibility index (Phi) is 5.48. The maximum absolute atomic E-state index is 12.7. The third-order valence-corrected chi connectivity index (χ3v) is 4.07. The van der Waals surface area contributed by atoms with Crippen molar-refractivity contribution in [2.45, 2.75) is 39.3 Å². The minimum atomic E-state index is -0.130. The van der Waals surface area contributed by atoms with E-state index in [1.807, 2.05) is 32.0 Å². The van der Waals surface area contributed by atoms with Crippen LogP contribution >= 0.6 is 0 Å². The van der Waals surface area contributed by atoms with Gasteiger partial charge in [0, 0.05) is 37.6 Å². The van der Waals surface area contributed by atoms with Crippen molar-refractivity contribution in [2.75, 3.05) is 18.0 Å². The monoisotopic (exact) mass is 340 g/mol. The van der Waals surface area contributed by atoms with Crippen molar-refractivity contribution in [3.63, 3.8) is 0 Å². The Balaban J connectivity index is 1.72. The summed E-state index contributed by atoms with van der Waals surface area (Å²) in [6.07, 6.45) is 5.74. The Labute approximate surface area is 148 Å². The highest BCUT2D eigenvalue weighted by Crippen LogP contribution is 2.22. The smallest absolute Gasteiger partial charge is 0.255 e. The summed E-state index contributed by atoms with van der Waals surface area (Å²) in [4.78, 5) is 23.5. The number of hydrogen-bond donors (Lipinski definition) is 1. The van der Waals surface area contributed by atoms with Crippen molar-refractivity contribution in [2.24, 2.45) is 0 Å². The molecule has 0 saturated carbocycles. The van der Waals surface area contributed by atoms with Crippen molar-refractivity contribution >= 4 is 11.7 Å². The first-order chi connectivity index (χ1) is 12.1. The number of hydrogen-bond acceptors (Lipinski definition) is 5. The molecule has 0 spiro atoms. The van der Waals surface area contributed by atoms with Gasteiger partial charge in [0.15, 0.2) is 0 Å². The summed E-state index contributed by atoms with van der Waals surface area (Å²) in [5.74, 6) is 1.19. The molecule has 1 N–H and O–H groups in total. The predicted molar refractivity (Wildman–Crippen MR) is 96.9 cm³/mol. The lowest BCUT2D eigenvalue weighted by Gasteiger charge is -2.19. The molecule has 3 rings (SSSR count). The van der Waals surface area contributed by atoms with E-state index in [2.05, 4.69) is 20.2 Å². The van der Waals surface area contributed by atoms with E-state index in [1.165, 1.54) is 0 Å². The van der Waals surface area contributed by atoms with E-state index in [4.69, 9.17) is 4.74 Å². The first kappa shape index (κ1) is 17.2. The molecule has 1 saturated heterocycles. The average Bonchev–Trinajstić information content (AvgIpc) is 3.15. The molecule has 1 aliphatic rings. The second-order valence-electron chi connectivity index (χ2n) is 6.39. The fraction of sp³-hybridized carbons (Fsp3) is 0.421. The van der Waals surface area contributed by atoms with E-state index in [0.717, 1.165) is 37.3 Å². The zero-order valence-corrected chi connectivity index (χ0v) is 14.7. The van der Waals surface area contributed by atoms with Gasteiger partial charge < -0.3 is 15.0 Å². The summed E-state index contributed by atoms with van der Waals surface area (Å²) in [5, 5.41) is 2.97. The van der Waals surface area contributed by atoms with Crippen molar-refractivity contribution in [3.8, 4) is 5.88 Å². The van der Waals surface area contributed by atoms with Crippen molar-refractivity contribution in [1.82, 2.24) is 15.3 Å². The number of carbonyl (C=O) groups is 1. The number of carbonyl (C=O) groups excluding carboxylic acids is 1. The molecule has 6 nitrogen and oxygen atoms in total. The Morgan fingerprint density at radius 2 is 1.92 bits per heavy atom. The Hall–Kier alpha value is -2.63. The van der Waals surface area contributed by atoms with Gasteiger partial charge in [0.05, 0.1) is 11.7 Å². The highest BCUT2D eigenvalue weighted by molar-refractivity contribution is 5.98. The number of aromatic nitrogens is 2. The predicted octanol–water partition coefficient (Wildman–Crippen LogP) is 2.79. The van der Waals surface area contributed by atoms with Crippen LogP contribution in [-0.2, 0) is 6.54 Å². The van der Waals surface area contributed by atoms with Gasteiger partial charge in [-0.25, -0.2) is 9.97 Å². The molecule has 25 heavy (non-hydrogen) atoms. The first-order valence-electron chi connectivity index (χ1n) is 8.74. The summed E-state index contributed by atoms with van der Waals surface area (Å²) < 4.78 is 5.71. The molecular formula is C19H24N4O2. The molecule has 0 atom stereocenters. The van der Waals surface area contributed by atoms with Crippen LogP contribution in [0.25, 0.3) is 0 Å². The maximum Gasteiger partial charge on any atom is 0.255 e. The topological polar surface area (TPSA) is 67.3 Å². The van der Waals surface area contributed by atoms with Gasteiger partial charge in [0.1, 0.15) is 5.82 Å². The number of pyridine rings is 2. The number of amides is 1. The molecule has 0 aliphatic carbocycles. The fourth-order valence-corrected chi connectivity index (χ4v) is 2.91. The number of ether oxygens (including phenoxy) is 1. The zero-order valence-electron chi connectivity index (χ0n) is 14.7. The van der Waals surface area contributed by atoms with Crippen LogP contribution in [0.1, 0.15) is 42.6 Å². The van der Waals surface area contributed by atoms with Crippen LogP contribution < -0.4 is 15.0 Å². The summed E-state index contributed by atoms with van der Waals surface area (Å²) in [6.45, 7) is 6.17. The molecule has 0 bridgehead atoms. The molecule has 6 heteroatoms. The van der Waals surface area contributed by atoms with Crippen molar-refractivity contribution < 1.29 is 9.53 Å². The zero-order chi connectivity index (χ0) is 17.6. The normalized spacial score (nSPS) is 14.0. The van der Waals surface area contributed by atoms with Gasteiger partial charge in [-0.2, -0.15) is 0 Å².